The Bertz CT molecular complexity index is 709. The quantitative estimate of drug-likeness (QED) is 0.920. The maximum atomic E-state index is 13.0. The SMILES string of the molecule is CC(C)(C)[C@@H](NC(=O)c1ccnnc1)c1cccc(C(F)(F)F)c1. The number of nitrogens with zero attached hydrogens (tertiary/aromatic N) is 2. The highest BCUT2D eigenvalue weighted by Gasteiger charge is 2.33. The number of benzene rings is 1. The van der Waals surface area contributed by atoms with Crippen molar-refractivity contribution in [2.24, 2.45) is 5.41 Å². The molecule has 0 aliphatic rings. The Morgan fingerprint density at radius 3 is 2.38 bits per heavy atom. The van der Waals surface area contributed by atoms with Crippen molar-refractivity contribution in [2.75, 3.05) is 0 Å². The van der Waals surface area contributed by atoms with Crippen molar-refractivity contribution in [3.63, 3.8) is 0 Å². The van der Waals surface area contributed by atoms with Crippen LogP contribution in [-0.4, -0.2) is 16.1 Å². The Morgan fingerprint density at radius 1 is 1.12 bits per heavy atom. The zero-order valence-corrected chi connectivity index (χ0v) is 13.6. The fraction of sp³-hybridized carbons (Fsp3) is 0.353. The Hall–Kier alpha value is -2.44. The van der Waals surface area contributed by atoms with Crippen LogP contribution in [0.2, 0.25) is 0 Å². The van der Waals surface area contributed by atoms with Gasteiger partial charge in [0.1, 0.15) is 0 Å². The minimum Gasteiger partial charge on any atom is -0.345 e. The molecule has 2 rings (SSSR count). The van der Waals surface area contributed by atoms with Gasteiger partial charge in [-0.15, -0.1) is 0 Å². The lowest BCUT2D eigenvalue weighted by atomic mass is 9.81. The number of nitrogens with one attached hydrogen (secondary N) is 1. The van der Waals surface area contributed by atoms with Gasteiger partial charge in [-0.3, -0.25) is 4.79 Å². The summed E-state index contributed by atoms with van der Waals surface area (Å²) in [5.74, 6) is -0.415. The zero-order valence-electron chi connectivity index (χ0n) is 13.6. The number of amides is 1. The second-order valence-corrected chi connectivity index (χ2v) is 6.53. The average molecular weight is 337 g/mol. The number of hydrogen-bond donors (Lipinski definition) is 1. The first kappa shape index (κ1) is 17.9. The molecule has 7 heteroatoms. The molecule has 0 spiro atoms. The van der Waals surface area contributed by atoms with Crippen LogP contribution < -0.4 is 5.32 Å². The van der Waals surface area contributed by atoms with Crippen LogP contribution in [0, 0.1) is 5.41 Å². The van der Waals surface area contributed by atoms with Crippen molar-refractivity contribution in [1.82, 2.24) is 15.5 Å². The van der Waals surface area contributed by atoms with Gasteiger partial charge >= 0.3 is 6.18 Å². The van der Waals surface area contributed by atoms with Gasteiger partial charge in [0.05, 0.1) is 29.6 Å². The fourth-order valence-electron chi connectivity index (χ4n) is 2.33. The summed E-state index contributed by atoms with van der Waals surface area (Å²) < 4.78 is 38.9. The average Bonchev–Trinajstić information content (AvgIpc) is 2.51. The monoisotopic (exact) mass is 337 g/mol. The summed E-state index contributed by atoms with van der Waals surface area (Å²) in [6.45, 7) is 5.55. The maximum Gasteiger partial charge on any atom is 0.416 e. The molecule has 1 amide bonds. The van der Waals surface area contributed by atoms with E-state index in [1.54, 1.807) is 6.07 Å². The minimum atomic E-state index is -4.43. The van der Waals surface area contributed by atoms with Gasteiger partial charge in [-0.2, -0.15) is 23.4 Å². The van der Waals surface area contributed by atoms with Crippen LogP contribution in [0.4, 0.5) is 13.2 Å². The molecule has 0 unspecified atom stereocenters. The van der Waals surface area contributed by atoms with Gasteiger partial charge in [0.2, 0.25) is 0 Å². The van der Waals surface area contributed by atoms with E-state index in [4.69, 9.17) is 0 Å². The third-order valence-corrected chi connectivity index (χ3v) is 3.54. The van der Waals surface area contributed by atoms with E-state index in [-0.39, 0.29) is 0 Å². The summed E-state index contributed by atoms with van der Waals surface area (Å²) in [6.07, 6.45) is -1.75. The van der Waals surface area contributed by atoms with Gasteiger partial charge in [0, 0.05) is 0 Å². The molecule has 4 nitrogen and oxygen atoms in total. The molecular formula is C17H18F3N3O. The highest BCUT2D eigenvalue weighted by atomic mass is 19.4. The molecule has 2 aromatic rings. The summed E-state index contributed by atoms with van der Waals surface area (Å²) in [4.78, 5) is 12.4. The molecule has 1 aromatic carbocycles. The van der Waals surface area contributed by atoms with Gasteiger partial charge in [-0.1, -0.05) is 32.9 Å². The van der Waals surface area contributed by atoms with E-state index in [0.717, 1.165) is 12.1 Å². The molecular weight excluding hydrogens is 319 g/mol. The Morgan fingerprint density at radius 2 is 1.83 bits per heavy atom. The van der Waals surface area contributed by atoms with Crippen molar-refractivity contribution in [3.05, 3.63) is 59.4 Å². The van der Waals surface area contributed by atoms with E-state index in [9.17, 15) is 18.0 Å². The first-order valence-corrected chi connectivity index (χ1v) is 7.34. The number of carbonyl (C=O) groups excluding carboxylic acids is 1. The van der Waals surface area contributed by atoms with Gasteiger partial charge in [0.25, 0.3) is 5.91 Å². The summed E-state index contributed by atoms with van der Waals surface area (Å²) in [5, 5.41) is 10.0. The van der Waals surface area contributed by atoms with Crippen molar-refractivity contribution in [1.29, 1.82) is 0 Å². The second kappa shape index (κ2) is 6.59. The maximum absolute atomic E-state index is 13.0. The molecule has 128 valence electrons. The third kappa shape index (κ3) is 4.31. The third-order valence-electron chi connectivity index (χ3n) is 3.54. The smallest absolute Gasteiger partial charge is 0.345 e. The number of rotatable bonds is 3. The predicted molar refractivity (Wildman–Crippen MR) is 83.1 cm³/mol. The van der Waals surface area contributed by atoms with Crippen LogP contribution in [-0.2, 0) is 6.18 Å². The molecule has 1 atom stereocenters. The van der Waals surface area contributed by atoms with Crippen molar-refractivity contribution >= 4 is 5.91 Å². The first-order valence-electron chi connectivity index (χ1n) is 7.34. The van der Waals surface area contributed by atoms with E-state index in [1.165, 1.54) is 24.5 Å². The second-order valence-electron chi connectivity index (χ2n) is 6.53. The molecule has 24 heavy (non-hydrogen) atoms. The van der Waals surface area contributed by atoms with Crippen LogP contribution >= 0.6 is 0 Å². The molecule has 0 saturated carbocycles. The standard InChI is InChI=1S/C17H18F3N3O/c1-16(2,3)14(23-15(24)12-7-8-21-22-10-12)11-5-4-6-13(9-11)17(18,19)20/h4-10,14H,1-3H3,(H,23,24)/t14-/m0/s1. The van der Waals surface area contributed by atoms with Crippen LogP contribution in [0.15, 0.2) is 42.7 Å². The summed E-state index contributed by atoms with van der Waals surface area (Å²) in [7, 11) is 0. The lowest BCUT2D eigenvalue weighted by Crippen LogP contribution is -2.36. The molecule has 1 N–H and O–H groups in total. The van der Waals surface area contributed by atoms with Gasteiger partial charge in [-0.25, -0.2) is 0 Å². The normalized spacial score (nSPS) is 13.4. The van der Waals surface area contributed by atoms with Crippen molar-refractivity contribution in [2.45, 2.75) is 33.0 Å². The largest absolute Gasteiger partial charge is 0.416 e. The number of carbonyl (C=O) groups is 1. The van der Waals surface area contributed by atoms with E-state index in [2.05, 4.69) is 15.5 Å². The van der Waals surface area contributed by atoms with Crippen molar-refractivity contribution in [3.8, 4) is 0 Å². The van der Waals surface area contributed by atoms with E-state index in [0.29, 0.717) is 11.1 Å². The molecule has 0 bridgehead atoms. The van der Waals surface area contributed by atoms with Crippen LogP contribution in [0.25, 0.3) is 0 Å². The predicted octanol–water partition coefficient (Wildman–Crippen LogP) is 4.01. The van der Waals surface area contributed by atoms with Crippen LogP contribution in [0.5, 0.6) is 0 Å². The molecule has 0 aliphatic carbocycles. The molecule has 0 fully saturated rings. The lowest BCUT2D eigenvalue weighted by Gasteiger charge is -2.32. The lowest BCUT2D eigenvalue weighted by molar-refractivity contribution is -0.137. The Kier molecular flexibility index (Phi) is 4.91. The number of halogens is 3. The van der Waals surface area contributed by atoms with E-state index >= 15 is 0 Å². The summed E-state index contributed by atoms with van der Waals surface area (Å²) in [6, 6.07) is 5.90. The Balaban J connectivity index is 2.35. The molecule has 0 saturated heterocycles. The van der Waals surface area contributed by atoms with Crippen LogP contribution in [0.3, 0.4) is 0 Å². The van der Waals surface area contributed by atoms with Crippen LogP contribution in [0.1, 0.15) is 48.3 Å². The van der Waals surface area contributed by atoms with Crippen molar-refractivity contribution < 1.29 is 18.0 Å². The van der Waals surface area contributed by atoms with E-state index in [1.807, 2.05) is 20.8 Å². The highest BCUT2D eigenvalue weighted by molar-refractivity contribution is 5.94. The number of alkyl halides is 3. The van der Waals surface area contributed by atoms with Gasteiger partial charge in [-0.05, 0) is 29.2 Å². The first-order chi connectivity index (χ1) is 11.1. The van der Waals surface area contributed by atoms with Gasteiger partial charge in [0.15, 0.2) is 0 Å². The molecule has 0 aliphatic heterocycles. The minimum absolute atomic E-state index is 0.297. The van der Waals surface area contributed by atoms with E-state index < -0.39 is 29.1 Å². The highest BCUT2D eigenvalue weighted by Crippen LogP contribution is 2.36. The molecule has 0 radical (unpaired) electrons. The van der Waals surface area contributed by atoms with Gasteiger partial charge < -0.3 is 5.32 Å². The topological polar surface area (TPSA) is 54.9 Å². The summed E-state index contributed by atoms with van der Waals surface area (Å²) >= 11 is 0. The molecule has 1 heterocycles. The fourth-order valence-corrected chi connectivity index (χ4v) is 2.33. The summed E-state index contributed by atoms with van der Waals surface area (Å²) in [5.41, 5.74) is -0.534. The molecule has 1 aromatic heterocycles. The zero-order chi connectivity index (χ0) is 18.0. The number of aromatic nitrogens is 2. The Labute approximate surface area is 138 Å². The number of hydrogen-bond acceptors (Lipinski definition) is 3.